The minimum Gasteiger partial charge on any atom is -0.454 e. The Bertz CT molecular complexity index is 1000. The van der Waals surface area contributed by atoms with Gasteiger partial charge in [0.05, 0.1) is 0 Å². The Morgan fingerprint density at radius 3 is 1.93 bits per heavy atom. The third kappa shape index (κ3) is 4.21. The minimum atomic E-state index is -1.87. The Hall–Kier alpha value is -2.37. The average molecular weight is 403 g/mol. The highest BCUT2D eigenvalue weighted by molar-refractivity contribution is 7.57. The van der Waals surface area contributed by atoms with E-state index in [1.807, 2.05) is 5.25 Å². The largest absolute Gasteiger partial charge is 0.454 e. The van der Waals surface area contributed by atoms with Crippen molar-refractivity contribution >= 4 is 13.6 Å². The van der Waals surface area contributed by atoms with E-state index in [9.17, 15) is 13.7 Å². The van der Waals surface area contributed by atoms with Crippen molar-refractivity contribution in [2.45, 2.75) is 20.8 Å². The SMILES string of the molecule is Cc1ccc(-c2ccc(Oc3c(C)cc(P(O)NO)cc3C)c(F)c2)cc1F. The molecule has 0 spiro atoms. The van der Waals surface area contributed by atoms with Crippen molar-refractivity contribution in [3.05, 3.63) is 76.9 Å². The Morgan fingerprint density at radius 1 is 0.821 bits per heavy atom. The molecule has 3 aromatic rings. The van der Waals surface area contributed by atoms with E-state index in [0.29, 0.717) is 38.9 Å². The summed E-state index contributed by atoms with van der Waals surface area (Å²) in [6.07, 6.45) is 0. The minimum absolute atomic E-state index is 0.0434. The van der Waals surface area contributed by atoms with Crippen molar-refractivity contribution in [1.82, 2.24) is 5.25 Å². The van der Waals surface area contributed by atoms with Crippen LogP contribution in [0.5, 0.6) is 11.5 Å². The van der Waals surface area contributed by atoms with E-state index in [4.69, 9.17) is 9.94 Å². The molecular weight excluding hydrogens is 383 g/mol. The predicted molar refractivity (Wildman–Crippen MR) is 106 cm³/mol. The first-order valence-electron chi connectivity index (χ1n) is 8.54. The Kier molecular flexibility index (Phi) is 6.06. The molecule has 0 radical (unpaired) electrons. The van der Waals surface area contributed by atoms with Crippen molar-refractivity contribution in [3.63, 3.8) is 0 Å². The second-order valence-corrected chi connectivity index (χ2v) is 7.87. The number of rotatable bonds is 5. The number of ether oxygens (including phenoxy) is 1. The Balaban J connectivity index is 1.90. The van der Waals surface area contributed by atoms with Gasteiger partial charge < -0.3 is 14.8 Å². The highest BCUT2D eigenvalue weighted by Crippen LogP contribution is 2.34. The maximum absolute atomic E-state index is 14.6. The summed E-state index contributed by atoms with van der Waals surface area (Å²) in [5, 5.41) is 11.2. The molecule has 3 rings (SSSR count). The first-order chi connectivity index (χ1) is 13.3. The Labute approximate surface area is 163 Å². The lowest BCUT2D eigenvalue weighted by Crippen LogP contribution is -2.12. The molecule has 0 aliphatic carbocycles. The summed E-state index contributed by atoms with van der Waals surface area (Å²) < 4.78 is 34.2. The summed E-state index contributed by atoms with van der Waals surface area (Å²) in [5.41, 5.74) is 3.04. The molecule has 1 atom stereocenters. The molecule has 0 aliphatic rings. The maximum atomic E-state index is 14.6. The van der Waals surface area contributed by atoms with Gasteiger partial charge in [0, 0.05) is 5.30 Å². The van der Waals surface area contributed by atoms with Gasteiger partial charge in [0.2, 0.25) is 0 Å². The van der Waals surface area contributed by atoms with Crippen LogP contribution in [0.1, 0.15) is 16.7 Å². The van der Waals surface area contributed by atoms with Gasteiger partial charge in [-0.3, -0.25) is 0 Å². The summed E-state index contributed by atoms with van der Waals surface area (Å²) in [6, 6.07) is 12.6. The predicted octanol–water partition coefficient (Wildman–Crippen LogP) is 5.26. The average Bonchev–Trinajstić information content (AvgIpc) is 2.67. The fourth-order valence-electron chi connectivity index (χ4n) is 2.91. The zero-order valence-corrected chi connectivity index (χ0v) is 16.5. The molecule has 3 aromatic carbocycles. The van der Waals surface area contributed by atoms with Crippen molar-refractivity contribution in [2.24, 2.45) is 0 Å². The van der Waals surface area contributed by atoms with Crippen molar-refractivity contribution < 1.29 is 23.6 Å². The smallest absolute Gasteiger partial charge is 0.166 e. The molecule has 28 heavy (non-hydrogen) atoms. The molecule has 0 fully saturated rings. The summed E-state index contributed by atoms with van der Waals surface area (Å²) in [4.78, 5) is 9.75. The normalized spacial score (nSPS) is 12.1. The molecule has 4 nitrogen and oxygen atoms in total. The topological polar surface area (TPSA) is 61.7 Å². The second-order valence-electron chi connectivity index (χ2n) is 6.53. The van der Waals surface area contributed by atoms with Crippen LogP contribution in [0.15, 0.2) is 48.5 Å². The van der Waals surface area contributed by atoms with Gasteiger partial charge in [-0.25, -0.2) is 8.78 Å². The molecule has 0 aromatic heterocycles. The summed E-state index contributed by atoms with van der Waals surface area (Å²) in [6.45, 7) is 5.21. The summed E-state index contributed by atoms with van der Waals surface area (Å²) in [7, 11) is -1.87. The van der Waals surface area contributed by atoms with E-state index in [1.165, 1.54) is 18.2 Å². The molecule has 146 valence electrons. The fraction of sp³-hybridized carbons (Fsp3) is 0.143. The van der Waals surface area contributed by atoms with Crippen LogP contribution < -0.4 is 15.3 Å². The van der Waals surface area contributed by atoms with Crippen LogP contribution in [0.3, 0.4) is 0 Å². The van der Waals surface area contributed by atoms with Gasteiger partial charge in [-0.15, -0.1) is 0 Å². The third-order valence-electron chi connectivity index (χ3n) is 4.43. The number of benzene rings is 3. The van der Waals surface area contributed by atoms with Gasteiger partial charge in [-0.05, 0) is 78.9 Å². The van der Waals surface area contributed by atoms with Crippen LogP contribution in [-0.4, -0.2) is 10.1 Å². The van der Waals surface area contributed by atoms with E-state index in [-0.39, 0.29) is 11.6 Å². The first kappa shape index (κ1) is 20.4. The Morgan fingerprint density at radius 2 is 1.39 bits per heavy atom. The molecule has 0 bridgehead atoms. The van der Waals surface area contributed by atoms with Crippen LogP contribution in [-0.2, 0) is 0 Å². The van der Waals surface area contributed by atoms with Crippen molar-refractivity contribution in [3.8, 4) is 22.6 Å². The van der Waals surface area contributed by atoms with Crippen LogP contribution in [0.2, 0.25) is 0 Å². The molecular formula is C21H20F2NO3P. The third-order valence-corrected chi connectivity index (χ3v) is 5.37. The van der Waals surface area contributed by atoms with Gasteiger partial charge in [0.1, 0.15) is 11.6 Å². The van der Waals surface area contributed by atoms with Crippen LogP contribution in [0.25, 0.3) is 11.1 Å². The van der Waals surface area contributed by atoms with E-state index in [2.05, 4.69) is 0 Å². The lowest BCUT2D eigenvalue weighted by atomic mass is 10.0. The van der Waals surface area contributed by atoms with Gasteiger partial charge >= 0.3 is 0 Å². The highest BCUT2D eigenvalue weighted by Gasteiger charge is 2.15. The zero-order chi connectivity index (χ0) is 20.4. The molecule has 0 heterocycles. The molecule has 0 aliphatic heterocycles. The van der Waals surface area contributed by atoms with E-state index < -0.39 is 14.1 Å². The van der Waals surface area contributed by atoms with Gasteiger partial charge in [-0.2, -0.15) is 5.25 Å². The van der Waals surface area contributed by atoms with Crippen LogP contribution >= 0.6 is 8.30 Å². The number of hydrogen-bond donors (Lipinski definition) is 3. The molecule has 3 N–H and O–H groups in total. The highest BCUT2D eigenvalue weighted by atomic mass is 31.2. The first-order valence-corrected chi connectivity index (χ1v) is 9.83. The maximum Gasteiger partial charge on any atom is 0.166 e. The van der Waals surface area contributed by atoms with Gasteiger partial charge in [-0.1, -0.05) is 18.2 Å². The van der Waals surface area contributed by atoms with Crippen LogP contribution in [0, 0.1) is 32.4 Å². The quantitative estimate of drug-likeness (QED) is 0.402. The number of hydrogen-bond acceptors (Lipinski definition) is 4. The van der Waals surface area contributed by atoms with E-state index >= 15 is 0 Å². The number of halogens is 2. The molecule has 1 unspecified atom stereocenters. The van der Waals surface area contributed by atoms with Crippen molar-refractivity contribution in [2.75, 3.05) is 0 Å². The number of aryl methyl sites for hydroxylation is 3. The van der Waals surface area contributed by atoms with E-state index in [0.717, 1.165) is 0 Å². The lowest BCUT2D eigenvalue weighted by Gasteiger charge is -2.16. The molecule has 7 heteroatoms. The standard InChI is InChI=1S/C21H20F2NO3P/c1-12-4-5-15(10-18(12)22)16-6-7-20(19(23)11-16)27-21-13(2)8-17(9-14(21)3)28(26)24-25/h4-11,24-26H,1-3H3. The lowest BCUT2D eigenvalue weighted by molar-refractivity contribution is 0.241. The monoisotopic (exact) mass is 403 g/mol. The summed E-state index contributed by atoms with van der Waals surface area (Å²) >= 11 is 0. The number of nitrogens with one attached hydrogen (secondary N) is 1. The van der Waals surface area contributed by atoms with Crippen LogP contribution in [0.4, 0.5) is 8.78 Å². The summed E-state index contributed by atoms with van der Waals surface area (Å²) in [5.74, 6) is -0.395. The molecule has 0 amide bonds. The molecule has 0 saturated heterocycles. The van der Waals surface area contributed by atoms with E-state index in [1.54, 1.807) is 51.1 Å². The fourth-order valence-corrected chi connectivity index (χ4v) is 3.66. The van der Waals surface area contributed by atoms with Gasteiger partial charge in [0.25, 0.3) is 0 Å². The van der Waals surface area contributed by atoms with Crippen molar-refractivity contribution in [1.29, 1.82) is 0 Å². The second kappa shape index (κ2) is 8.33. The zero-order valence-electron chi connectivity index (χ0n) is 15.6. The van der Waals surface area contributed by atoms with Gasteiger partial charge in [0.15, 0.2) is 19.9 Å². The molecule has 0 saturated carbocycles.